The molecule has 0 rings (SSSR count). The van der Waals surface area contributed by atoms with Gasteiger partial charge in [-0.25, -0.2) is 0 Å². The maximum absolute atomic E-state index is 5.39. The van der Waals surface area contributed by atoms with Crippen molar-refractivity contribution in [3.05, 3.63) is 0 Å². The lowest BCUT2D eigenvalue weighted by atomic mass is 10.8. The Hall–Kier alpha value is 1.05. The van der Waals surface area contributed by atoms with Crippen LogP contribution in [0.5, 0.6) is 0 Å². The van der Waals surface area contributed by atoms with E-state index in [1.165, 1.54) is 0 Å². The number of nitrogens with one attached hydrogen (secondary N) is 1. The zero-order chi connectivity index (χ0) is 5.91. The summed E-state index contributed by atoms with van der Waals surface area (Å²) in [5.41, 5.74) is 0. The minimum absolute atomic E-state index is 0.725. The molecule has 0 unspecified atom stereocenters. The lowest BCUT2D eigenvalue weighted by molar-refractivity contribution is 1.01. The van der Waals surface area contributed by atoms with Crippen molar-refractivity contribution >= 4 is 39.4 Å². The molecule has 0 aromatic rings. The average molecular weight is 179 g/mol. The van der Waals surface area contributed by atoms with E-state index in [-0.39, 0.29) is 0 Å². The molecule has 0 aromatic heterocycles. The van der Waals surface area contributed by atoms with E-state index in [2.05, 4.69) is 4.98 Å². The van der Waals surface area contributed by atoms with Crippen LogP contribution in [0.3, 0.4) is 0 Å². The average Bonchev–Trinajstić information content (AvgIpc) is 1.30. The highest BCUT2D eigenvalue weighted by molar-refractivity contribution is 7.63. The molecule has 0 saturated carbocycles. The lowest BCUT2D eigenvalue weighted by Crippen LogP contribution is -2.33. The molecule has 44 valence electrons. The predicted molar refractivity (Wildman–Crippen MR) is 37.0 cm³/mol. The predicted octanol–water partition coefficient (Wildman–Crippen LogP) is 1.75. The third-order valence-electron chi connectivity index (χ3n) is 0.377. The van der Waals surface area contributed by atoms with E-state index >= 15 is 0 Å². The third-order valence-corrected chi connectivity index (χ3v) is 2.33. The summed E-state index contributed by atoms with van der Waals surface area (Å²) in [4.78, 5) is 2.72. The van der Waals surface area contributed by atoms with Crippen molar-refractivity contribution in [2.75, 3.05) is 6.54 Å². The van der Waals surface area contributed by atoms with Crippen LogP contribution in [0.15, 0.2) is 0 Å². The Bertz CT molecular complexity index is 51.4. The molecule has 0 aliphatic carbocycles. The molecular formula is C2H6Cl3NSi. The molecule has 0 aromatic carbocycles. The normalized spacial score (nSPS) is 12.0. The van der Waals surface area contributed by atoms with E-state index < -0.39 is 6.16 Å². The Labute approximate surface area is 58.1 Å². The van der Waals surface area contributed by atoms with Crippen LogP contribution in [0.2, 0.25) is 0 Å². The fraction of sp³-hybridized carbons (Fsp3) is 1.00. The van der Waals surface area contributed by atoms with Gasteiger partial charge in [-0.05, 0) is 6.54 Å². The molecule has 0 aliphatic rings. The van der Waals surface area contributed by atoms with Crippen molar-refractivity contribution in [2.45, 2.75) is 6.92 Å². The minimum Gasteiger partial charge on any atom is -0.302 e. The van der Waals surface area contributed by atoms with Crippen LogP contribution in [0.25, 0.3) is 0 Å². The Morgan fingerprint density at radius 3 is 1.86 bits per heavy atom. The van der Waals surface area contributed by atoms with E-state index in [1.54, 1.807) is 0 Å². The summed E-state index contributed by atoms with van der Waals surface area (Å²) < 4.78 is 0. The molecule has 7 heavy (non-hydrogen) atoms. The summed E-state index contributed by atoms with van der Waals surface area (Å²) in [6, 6.07) is 0. The van der Waals surface area contributed by atoms with Gasteiger partial charge >= 0.3 is 6.16 Å². The molecule has 0 radical (unpaired) electrons. The maximum atomic E-state index is 5.39. The molecule has 0 heterocycles. The SMILES string of the molecule is CCN[Si](Cl)(Cl)Cl. The van der Waals surface area contributed by atoms with Gasteiger partial charge in [-0.15, -0.1) is 33.2 Å². The van der Waals surface area contributed by atoms with Gasteiger partial charge in [0.2, 0.25) is 0 Å². The Morgan fingerprint density at radius 1 is 1.43 bits per heavy atom. The summed E-state index contributed by atoms with van der Waals surface area (Å²) in [7, 11) is 0. The first-order valence-corrected chi connectivity index (χ1v) is 6.91. The summed E-state index contributed by atoms with van der Waals surface area (Å²) in [6.45, 7) is 2.62. The van der Waals surface area contributed by atoms with E-state index in [1.807, 2.05) is 6.92 Å². The Morgan fingerprint density at radius 2 is 1.86 bits per heavy atom. The molecule has 0 saturated heterocycles. The first kappa shape index (κ1) is 8.05. The van der Waals surface area contributed by atoms with Gasteiger partial charge in [0, 0.05) is 0 Å². The van der Waals surface area contributed by atoms with Gasteiger partial charge in [0.15, 0.2) is 0 Å². The monoisotopic (exact) mass is 177 g/mol. The molecule has 1 nitrogen and oxygen atoms in total. The van der Waals surface area contributed by atoms with Crippen molar-refractivity contribution in [1.29, 1.82) is 0 Å². The van der Waals surface area contributed by atoms with E-state index in [9.17, 15) is 0 Å². The number of rotatable bonds is 2. The fourth-order valence-electron chi connectivity index (χ4n) is 0.200. The number of hydrogen-bond donors (Lipinski definition) is 1. The zero-order valence-corrected chi connectivity index (χ0v) is 7.11. The number of hydrogen-bond acceptors (Lipinski definition) is 1. The Kier molecular flexibility index (Phi) is 3.62. The van der Waals surface area contributed by atoms with Gasteiger partial charge in [-0.1, -0.05) is 6.92 Å². The summed E-state index contributed by atoms with van der Waals surface area (Å²) in [5.74, 6) is 0. The highest BCUT2D eigenvalue weighted by Gasteiger charge is 2.22. The van der Waals surface area contributed by atoms with Crippen LogP contribution in [-0.4, -0.2) is 12.7 Å². The first-order chi connectivity index (χ1) is 3.06. The summed E-state index contributed by atoms with van der Waals surface area (Å²) in [6.07, 6.45) is -2.49. The largest absolute Gasteiger partial charge is 0.421 e. The van der Waals surface area contributed by atoms with E-state index in [0.29, 0.717) is 0 Å². The second-order valence-corrected chi connectivity index (χ2v) is 9.22. The van der Waals surface area contributed by atoms with E-state index in [4.69, 9.17) is 33.2 Å². The smallest absolute Gasteiger partial charge is 0.302 e. The highest BCUT2D eigenvalue weighted by atomic mass is 35.8. The highest BCUT2D eigenvalue weighted by Crippen LogP contribution is 2.14. The van der Waals surface area contributed by atoms with Crippen LogP contribution in [0, 0.1) is 0 Å². The first-order valence-electron chi connectivity index (χ1n) is 1.88. The zero-order valence-electron chi connectivity index (χ0n) is 3.84. The molecule has 0 amide bonds. The summed E-state index contributed by atoms with van der Waals surface area (Å²) >= 11 is 16.2. The van der Waals surface area contributed by atoms with Crippen LogP contribution < -0.4 is 4.98 Å². The second kappa shape index (κ2) is 3.15. The van der Waals surface area contributed by atoms with E-state index in [0.717, 1.165) is 6.54 Å². The molecule has 1 N–H and O–H groups in total. The van der Waals surface area contributed by atoms with Gasteiger partial charge in [-0.2, -0.15) is 0 Å². The molecule has 0 atom stereocenters. The Balaban J connectivity index is 3.15. The van der Waals surface area contributed by atoms with Crippen LogP contribution >= 0.6 is 33.2 Å². The van der Waals surface area contributed by atoms with Crippen molar-refractivity contribution in [3.63, 3.8) is 0 Å². The van der Waals surface area contributed by atoms with Gasteiger partial charge in [0.05, 0.1) is 0 Å². The van der Waals surface area contributed by atoms with Gasteiger partial charge < -0.3 is 4.98 Å². The second-order valence-electron chi connectivity index (χ2n) is 1.03. The minimum atomic E-state index is -2.49. The van der Waals surface area contributed by atoms with Crippen LogP contribution in [-0.2, 0) is 0 Å². The topological polar surface area (TPSA) is 12.0 Å². The summed E-state index contributed by atoms with van der Waals surface area (Å²) in [5, 5.41) is 0. The molecule has 5 heteroatoms. The molecule has 0 spiro atoms. The fourth-order valence-corrected chi connectivity index (χ4v) is 1.80. The van der Waals surface area contributed by atoms with Crippen molar-refractivity contribution in [2.24, 2.45) is 0 Å². The third kappa shape index (κ3) is 7.05. The van der Waals surface area contributed by atoms with Gasteiger partial charge in [0.25, 0.3) is 0 Å². The van der Waals surface area contributed by atoms with Crippen molar-refractivity contribution in [3.8, 4) is 0 Å². The van der Waals surface area contributed by atoms with Crippen molar-refractivity contribution < 1.29 is 0 Å². The molecule has 0 aliphatic heterocycles. The van der Waals surface area contributed by atoms with Crippen LogP contribution in [0.1, 0.15) is 6.92 Å². The molecule has 0 fully saturated rings. The van der Waals surface area contributed by atoms with Crippen molar-refractivity contribution in [1.82, 2.24) is 4.98 Å². The van der Waals surface area contributed by atoms with Gasteiger partial charge in [-0.3, -0.25) is 0 Å². The maximum Gasteiger partial charge on any atom is 0.421 e. The van der Waals surface area contributed by atoms with Gasteiger partial charge in [0.1, 0.15) is 0 Å². The molecular weight excluding hydrogens is 172 g/mol. The van der Waals surface area contributed by atoms with Crippen LogP contribution in [0.4, 0.5) is 0 Å². The molecule has 0 bridgehead atoms. The quantitative estimate of drug-likeness (QED) is 0.502. The lowest BCUT2D eigenvalue weighted by Gasteiger charge is -2.04. The number of halogens is 3. The standard InChI is InChI=1S/C2H6Cl3NSi/c1-2-6-7(3,4)5/h6H,2H2,1H3.